The third kappa shape index (κ3) is 3.68. The predicted octanol–water partition coefficient (Wildman–Crippen LogP) is 2.81. The summed E-state index contributed by atoms with van der Waals surface area (Å²) >= 11 is 1.77. The fraction of sp³-hybridized carbons (Fsp3) is 0.692. The van der Waals surface area contributed by atoms with E-state index in [0.29, 0.717) is 12.5 Å². The number of hydrogen-bond donors (Lipinski definition) is 1. The molecule has 3 nitrogen and oxygen atoms in total. The Morgan fingerprint density at radius 3 is 2.29 bits per heavy atom. The predicted molar refractivity (Wildman–Crippen MR) is 74.2 cm³/mol. The Morgan fingerprint density at radius 2 is 1.82 bits per heavy atom. The minimum absolute atomic E-state index is 0.562. The number of nitrogens with zero attached hydrogens (tertiary/aromatic N) is 2. The lowest BCUT2D eigenvalue weighted by Gasteiger charge is -2.14. The minimum Gasteiger partial charge on any atom is -0.326 e. The molecule has 0 aliphatic heterocycles. The van der Waals surface area contributed by atoms with Crippen LogP contribution in [-0.4, -0.2) is 16.0 Å². The van der Waals surface area contributed by atoms with Crippen molar-refractivity contribution in [2.24, 2.45) is 11.7 Å². The van der Waals surface area contributed by atoms with Gasteiger partial charge in [0.1, 0.15) is 5.03 Å². The highest BCUT2D eigenvalue weighted by Gasteiger charge is 2.13. The van der Waals surface area contributed by atoms with Crippen molar-refractivity contribution in [3.63, 3.8) is 0 Å². The number of aromatic nitrogens is 2. The molecule has 1 aromatic heterocycles. The molecule has 0 saturated heterocycles. The quantitative estimate of drug-likeness (QED) is 0.792. The third-order valence-electron chi connectivity index (χ3n) is 2.68. The fourth-order valence-electron chi connectivity index (χ4n) is 1.80. The first-order valence-electron chi connectivity index (χ1n) is 6.34. The van der Waals surface area contributed by atoms with Crippen LogP contribution in [0.1, 0.15) is 44.5 Å². The molecule has 0 aromatic carbocycles. The summed E-state index contributed by atoms with van der Waals surface area (Å²) in [6, 6.07) is 0. The van der Waals surface area contributed by atoms with Gasteiger partial charge in [0.15, 0.2) is 0 Å². The average molecular weight is 253 g/mol. The van der Waals surface area contributed by atoms with Crippen molar-refractivity contribution in [2.45, 2.75) is 52.1 Å². The van der Waals surface area contributed by atoms with Gasteiger partial charge in [-0.05, 0) is 24.3 Å². The van der Waals surface area contributed by atoms with Crippen molar-refractivity contribution in [2.75, 3.05) is 5.75 Å². The molecule has 1 heterocycles. The Morgan fingerprint density at radius 1 is 1.12 bits per heavy atom. The van der Waals surface area contributed by atoms with Crippen LogP contribution >= 0.6 is 11.8 Å². The fourth-order valence-corrected chi connectivity index (χ4v) is 2.77. The number of thioether (sulfide) groups is 1. The van der Waals surface area contributed by atoms with Crippen molar-refractivity contribution in [1.29, 1.82) is 0 Å². The highest BCUT2D eigenvalue weighted by Crippen LogP contribution is 2.26. The van der Waals surface area contributed by atoms with E-state index in [9.17, 15) is 0 Å². The zero-order valence-corrected chi connectivity index (χ0v) is 12.1. The molecule has 2 N–H and O–H groups in total. The van der Waals surface area contributed by atoms with Crippen LogP contribution in [0.5, 0.6) is 0 Å². The molecule has 0 aliphatic carbocycles. The van der Waals surface area contributed by atoms with Gasteiger partial charge < -0.3 is 5.73 Å². The molecule has 0 radical (unpaired) electrons. The zero-order chi connectivity index (χ0) is 12.8. The molecular formula is C13H23N3S. The van der Waals surface area contributed by atoms with Crippen LogP contribution in [-0.2, 0) is 19.4 Å². The van der Waals surface area contributed by atoms with Crippen LogP contribution in [0.4, 0.5) is 0 Å². The van der Waals surface area contributed by atoms with Gasteiger partial charge in [-0.1, -0.05) is 27.7 Å². The van der Waals surface area contributed by atoms with Gasteiger partial charge in [-0.15, -0.1) is 16.9 Å². The molecule has 17 heavy (non-hydrogen) atoms. The minimum atomic E-state index is 0.562. The second-order valence-corrected chi connectivity index (χ2v) is 5.53. The van der Waals surface area contributed by atoms with Crippen LogP contribution in [0.15, 0.2) is 5.03 Å². The van der Waals surface area contributed by atoms with E-state index in [2.05, 4.69) is 37.9 Å². The topological polar surface area (TPSA) is 51.8 Å². The van der Waals surface area contributed by atoms with Gasteiger partial charge in [0.2, 0.25) is 0 Å². The summed E-state index contributed by atoms with van der Waals surface area (Å²) < 4.78 is 0. The Labute approximate surface area is 109 Å². The first kappa shape index (κ1) is 14.5. The molecule has 96 valence electrons. The maximum Gasteiger partial charge on any atom is 0.124 e. The van der Waals surface area contributed by atoms with Gasteiger partial charge in [0.25, 0.3) is 0 Å². The third-order valence-corrected chi connectivity index (χ3v) is 4.11. The summed E-state index contributed by atoms with van der Waals surface area (Å²) in [5.41, 5.74) is 9.48. The van der Waals surface area contributed by atoms with E-state index in [0.717, 1.165) is 29.3 Å². The van der Waals surface area contributed by atoms with E-state index in [1.54, 1.807) is 11.8 Å². The Hall–Kier alpha value is -0.610. The largest absolute Gasteiger partial charge is 0.326 e. The van der Waals surface area contributed by atoms with E-state index in [4.69, 9.17) is 5.73 Å². The van der Waals surface area contributed by atoms with Crippen LogP contribution in [0.2, 0.25) is 0 Å². The monoisotopic (exact) mass is 253 g/mol. The molecular weight excluding hydrogens is 230 g/mol. The van der Waals surface area contributed by atoms with Gasteiger partial charge in [-0.25, -0.2) is 0 Å². The molecule has 1 rings (SSSR count). The van der Waals surface area contributed by atoms with Crippen LogP contribution in [0, 0.1) is 5.92 Å². The van der Waals surface area contributed by atoms with E-state index >= 15 is 0 Å². The molecule has 0 spiro atoms. The zero-order valence-electron chi connectivity index (χ0n) is 11.3. The second kappa shape index (κ2) is 6.97. The molecule has 0 saturated carbocycles. The van der Waals surface area contributed by atoms with Gasteiger partial charge in [-0.3, -0.25) is 0 Å². The molecule has 0 atom stereocenters. The normalized spacial score (nSPS) is 11.2. The molecule has 0 bridgehead atoms. The van der Waals surface area contributed by atoms with Crippen molar-refractivity contribution >= 4 is 11.8 Å². The first-order valence-corrected chi connectivity index (χ1v) is 7.32. The standard InChI is InChI=1S/C13H23N3S/c1-5-10-11(7-14)13(17-8-9(3)4)16-15-12(10)6-2/h9H,5-8,14H2,1-4H3. The highest BCUT2D eigenvalue weighted by molar-refractivity contribution is 7.99. The second-order valence-electron chi connectivity index (χ2n) is 4.53. The Kier molecular flexibility index (Phi) is 5.92. The van der Waals surface area contributed by atoms with E-state index in [1.165, 1.54) is 11.1 Å². The molecule has 0 fully saturated rings. The van der Waals surface area contributed by atoms with E-state index in [1.807, 2.05) is 0 Å². The van der Waals surface area contributed by atoms with Gasteiger partial charge in [0.05, 0.1) is 5.69 Å². The van der Waals surface area contributed by atoms with E-state index in [-0.39, 0.29) is 0 Å². The number of nitrogens with two attached hydrogens (primary N) is 1. The van der Waals surface area contributed by atoms with Crippen molar-refractivity contribution < 1.29 is 0 Å². The lowest BCUT2D eigenvalue weighted by Crippen LogP contribution is -2.11. The van der Waals surface area contributed by atoms with Gasteiger partial charge in [-0.2, -0.15) is 5.10 Å². The summed E-state index contributed by atoms with van der Waals surface area (Å²) in [5.74, 6) is 1.72. The van der Waals surface area contributed by atoms with Crippen molar-refractivity contribution in [1.82, 2.24) is 10.2 Å². The summed E-state index contributed by atoms with van der Waals surface area (Å²) in [7, 11) is 0. The lowest BCUT2D eigenvalue weighted by atomic mass is 10.0. The van der Waals surface area contributed by atoms with Gasteiger partial charge >= 0.3 is 0 Å². The maximum absolute atomic E-state index is 5.88. The van der Waals surface area contributed by atoms with Crippen LogP contribution in [0.3, 0.4) is 0 Å². The summed E-state index contributed by atoms with van der Waals surface area (Å²) in [6.07, 6.45) is 1.92. The first-order chi connectivity index (χ1) is 8.13. The van der Waals surface area contributed by atoms with Crippen LogP contribution < -0.4 is 5.73 Å². The molecule has 0 unspecified atom stereocenters. The highest BCUT2D eigenvalue weighted by atomic mass is 32.2. The number of rotatable bonds is 6. The molecule has 0 amide bonds. The van der Waals surface area contributed by atoms with Crippen molar-refractivity contribution in [3.8, 4) is 0 Å². The Bertz CT molecular complexity index is 364. The van der Waals surface area contributed by atoms with Crippen molar-refractivity contribution in [3.05, 3.63) is 16.8 Å². The number of aryl methyl sites for hydroxylation is 1. The smallest absolute Gasteiger partial charge is 0.124 e. The maximum atomic E-state index is 5.88. The summed E-state index contributed by atoms with van der Waals surface area (Å²) in [4.78, 5) is 0. The van der Waals surface area contributed by atoms with Crippen LogP contribution in [0.25, 0.3) is 0 Å². The SMILES string of the molecule is CCc1nnc(SCC(C)C)c(CN)c1CC. The Balaban J connectivity index is 3.05. The lowest BCUT2D eigenvalue weighted by molar-refractivity contribution is 0.742. The summed E-state index contributed by atoms with van der Waals surface area (Å²) in [6.45, 7) is 9.26. The van der Waals surface area contributed by atoms with Gasteiger partial charge in [0, 0.05) is 17.9 Å². The molecule has 1 aromatic rings. The summed E-state index contributed by atoms with van der Waals surface area (Å²) in [5, 5.41) is 9.69. The number of hydrogen-bond acceptors (Lipinski definition) is 4. The molecule has 0 aliphatic rings. The van der Waals surface area contributed by atoms with E-state index < -0.39 is 0 Å². The molecule has 4 heteroatoms. The average Bonchev–Trinajstić information content (AvgIpc) is 2.34.